The van der Waals surface area contributed by atoms with Gasteiger partial charge in [0.15, 0.2) is 11.5 Å². The van der Waals surface area contributed by atoms with Crippen molar-refractivity contribution in [3.63, 3.8) is 0 Å². The molecule has 0 aliphatic heterocycles. The van der Waals surface area contributed by atoms with E-state index in [4.69, 9.17) is 9.47 Å². The fourth-order valence-electron chi connectivity index (χ4n) is 2.92. The second-order valence-electron chi connectivity index (χ2n) is 6.45. The number of hydrogen-bond acceptors (Lipinski definition) is 7. The molecule has 0 unspecified atom stereocenters. The van der Waals surface area contributed by atoms with E-state index >= 15 is 0 Å². The fourth-order valence-corrected chi connectivity index (χ4v) is 2.92. The van der Waals surface area contributed by atoms with E-state index in [1.165, 1.54) is 14.2 Å². The van der Waals surface area contributed by atoms with Gasteiger partial charge in [-0.3, -0.25) is 4.79 Å². The van der Waals surface area contributed by atoms with Crippen LogP contribution in [0, 0.1) is 6.92 Å². The van der Waals surface area contributed by atoms with Gasteiger partial charge in [0.05, 0.1) is 19.8 Å². The third-order valence-electron chi connectivity index (χ3n) is 4.25. The number of benzene rings is 2. The van der Waals surface area contributed by atoms with Crippen LogP contribution in [0.4, 0.5) is 23.1 Å². The molecule has 8 nitrogen and oxygen atoms in total. The summed E-state index contributed by atoms with van der Waals surface area (Å²) in [6.07, 6.45) is 0. The average molecular weight is 407 g/mol. The summed E-state index contributed by atoms with van der Waals surface area (Å²) in [5.74, 6) is 1.88. The summed E-state index contributed by atoms with van der Waals surface area (Å²) in [4.78, 5) is 21.5. The number of amides is 1. The van der Waals surface area contributed by atoms with Crippen molar-refractivity contribution in [3.8, 4) is 11.5 Å². The van der Waals surface area contributed by atoms with Gasteiger partial charge in [0.25, 0.3) is 5.91 Å². The van der Waals surface area contributed by atoms with Crippen LogP contribution in [-0.2, 0) is 0 Å². The zero-order valence-electron chi connectivity index (χ0n) is 17.4. The van der Waals surface area contributed by atoms with Crippen LogP contribution in [0.2, 0.25) is 0 Å². The van der Waals surface area contributed by atoms with Crippen molar-refractivity contribution in [2.45, 2.75) is 13.8 Å². The van der Waals surface area contributed by atoms with Crippen LogP contribution >= 0.6 is 0 Å². The molecule has 0 aliphatic rings. The number of aryl methyl sites for hydroxylation is 1. The highest BCUT2D eigenvalue weighted by atomic mass is 16.5. The van der Waals surface area contributed by atoms with Gasteiger partial charge in [-0.05, 0) is 50.2 Å². The van der Waals surface area contributed by atoms with Crippen molar-refractivity contribution >= 4 is 29.0 Å². The van der Waals surface area contributed by atoms with Gasteiger partial charge in [0.2, 0.25) is 5.95 Å². The molecule has 0 spiro atoms. The minimum absolute atomic E-state index is 0.284. The molecular formula is C22H25N5O3. The van der Waals surface area contributed by atoms with E-state index in [2.05, 4.69) is 25.9 Å². The van der Waals surface area contributed by atoms with Crippen molar-refractivity contribution in [3.05, 3.63) is 59.8 Å². The second-order valence-corrected chi connectivity index (χ2v) is 6.45. The van der Waals surface area contributed by atoms with Crippen LogP contribution in [0.1, 0.15) is 23.0 Å². The van der Waals surface area contributed by atoms with E-state index in [9.17, 15) is 4.79 Å². The van der Waals surface area contributed by atoms with Crippen molar-refractivity contribution in [2.24, 2.45) is 0 Å². The molecule has 156 valence electrons. The molecule has 2 aromatic carbocycles. The van der Waals surface area contributed by atoms with Gasteiger partial charge in [-0.25, -0.2) is 4.98 Å². The first kappa shape index (κ1) is 20.9. The number of methoxy groups -OCH3 is 2. The zero-order valence-corrected chi connectivity index (χ0v) is 17.4. The Labute approximate surface area is 175 Å². The molecule has 1 amide bonds. The lowest BCUT2D eigenvalue weighted by Crippen LogP contribution is -2.13. The van der Waals surface area contributed by atoms with Gasteiger partial charge in [0, 0.05) is 29.7 Å². The van der Waals surface area contributed by atoms with Gasteiger partial charge < -0.3 is 25.4 Å². The summed E-state index contributed by atoms with van der Waals surface area (Å²) in [7, 11) is 3.04. The van der Waals surface area contributed by atoms with Crippen LogP contribution in [0.25, 0.3) is 0 Å². The number of hydrogen-bond donors (Lipinski definition) is 3. The first-order valence-electron chi connectivity index (χ1n) is 9.53. The molecule has 0 radical (unpaired) electrons. The Morgan fingerprint density at radius 2 is 1.73 bits per heavy atom. The first-order chi connectivity index (χ1) is 14.5. The highest BCUT2D eigenvalue weighted by Gasteiger charge is 2.16. The minimum atomic E-state index is -0.284. The monoisotopic (exact) mass is 407 g/mol. The molecule has 30 heavy (non-hydrogen) atoms. The summed E-state index contributed by atoms with van der Waals surface area (Å²) in [5, 5.41) is 9.23. The summed E-state index contributed by atoms with van der Waals surface area (Å²) in [6.45, 7) is 4.65. The largest absolute Gasteiger partial charge is 0.493 e. The van der Waals surface area contributed by atoms with E-state index in [0.717, 1.165) is 17.9 Å². The second kappa shape index (κ2) is 9.60. The van der Waals surface area contributed by atoms with Crippen molar-refractivity contribution in [1.29, 1.82) is 0 Å². The molecule has 1 aromatic heterocycles. The summed E-state index contributed by atoms with van der Waals surface area (Å²) >= 11 is 0. The minimum Gasteiger partial charge on any atom is -0.493 e. The third-order valence-corrected chi connectivity index (χ3v) is 4.25. The quantitative estimate of drug-likeness (QED) is 0.514. The number of aromatic nitrogens is 2. The van der Waals surface area contributed by atoms with Gasteiger partial charge in [-0.1, -0.05) is 6.07 Å². The Morgan fingerprint density at radius 3 is 2.40 bits per heavy atom. The van der Waals surface area contributed by atoms with Crippen LogP contribution in [0.3, 0.4) is 0 Å². The Hall–Kier alpha value is -3.81. The maximum absolute atomic E-state index is 12.7. The van der Waals surface area contributed by atoms with Gasteiger partial charge in [-0.15, -0.1) is 0 Å². The first-order valence-corrected chi connectivity index (χ1v) is 9.53. The Bertz CT molecular complexity index is 1020. The number of anilines is 4. The number of para-hydroxylation sites is 1. The predicted octanol–water partition coefficient (Wildman–Crippen LogP) is 4.23. The fraction of sp³-hybridized carbons (Fsp3) is 0.227. The van der Waals surface area contributed by atoms with E-state index in [1.807, 2.05) is 44.2 Å². The van der Waals surface area contributed by atoms with Gasteiger partial charge in [-0.2, -0.15) is 4.98 Å². The van der Waals surface area contributed by atoms with Crippen molar-refractivity contribution < 1.29 is 14.3 Å². The molecule has 0 atom stereocenters. The normalized spacial score (nSPS) is 10.3. The number of carbonyl (C=O) groups is 1. The molecule has 0 saturated heterocycles. The Morgan fingerprint density at radius 1 is 1.00 bits per heavy atom. The number of nitrogens with one attached hydrogen (secondary N) is 3. The Kier molecular flexibility index (Phi) is 6.69. The van der Waals surface area contributed by atoms with E-state index in [-0.39, 0.29) is 5.91 Å². The van der Waals surface area contributed by atoms with E-state index in [0.29, 0.717) is 34.5 Å². The molecule has 0 aliphatic carbocycles. The Balaban J connectivity index is 1.72. The smallest absolute Gasteiger partial charge is 0.259 e. The van der Waals surface area contributed by atoms with E-state index in [1.54, 1.807) is 18.2 Å². The van der Waals surface area contributed by atoms with Crippen molar-refractivity contribution in [2.75, 3.05) is 36.7 Å². The molecule has 3 aromatic rings. The third kappa shape index (κ3) is 4.96. The number of ether oxygens (including phenoxy) is 2. The highest BCUT2D eigenvalue weighted by molar-refractivity contribution is 6.06. The summed E-state index contributed by atoms with van der Waals surface area (Å²) < 4.78 is 10.6. The zero-order chi connectivity index (χ0) is 21.5. The van der Waals surface area contributed by atoms with Gasteiger partial charge >= 0.3 is 0 Å². The molecule has 3 N–H and O–H groups in total. The number of rotatable bonds is 8. The average Bonchev–Trinajstić information content (AvgIpc) is 2.74. The molecule has 0 fully saturated rings. The summed E-state index contributed by atoms with van der Waals surface area (Å²) in [6, 6.07) is 14.4. The topological polar surface area (TPSA) is 97.4 Å². The van der Waals surface area contributed by atoms with Gasteiger partial charge in [0.1, 0.15) is 5.82 Å². The van der Waals surface area contributed by atoms with Crippen LogP contribution < -0.4 is 25.4 Å². The van der Waals surface area contributed by atoms with Crippen molar-refractivity contribution in [1.82, 2.24) is 9.97 Å². The standard InChI is InChI=1S/C22H25N5O3/c1-5-23-22-24-14(2)13-19(27-22)25-15-9-11-16(12-10-15)26-21(28)17-7-6-8-18(29-3)20(17)30-4/h6-13H,5H2,1-4H3,(H,26,28)(H2,23,24,25,27). The number of nitrogens with zero attached hydrogens (tertiary/aromatic N) is 2. The van der Waals surface area contributed by atoms with Crippen LogP contribution in [0.15, 0.2) is 48.5 Å². The van der Waals surface area contributed by atoms with Crippen LogP contribution in [0.5, 0.6) is 11.5 Å². The van der Waals surface area contributed by atoms with E-state index < -0.39 is 0 Å². The summed E-state index contributed by atoms with van der Waals surface area (Å²) in [5.41, 5.74) is 2.75. The molecule has 8 heteroatoms. The highest BCUT2D eigenvalue weighted by Crippen LogP contribution is 2.31. The molecule has 1 heterocycles. The molecular weight excluding hydrogens is 382 g/mol. The van der Waals surface area contributed by atoms with Crippen LogP contribution in [-0.4, -0.2) is 36.6 Å². The predicted molar refractivity (Wildman–Crippen MR) is 118 cm³/mol. The SMILES string of the molecule is CCNc1nc(C)cc(Nc2ccc(NC(=O)c3cccc(OC)c3OC)cc2)n1. The lowest BCUT2D eigenvalue weighted by atomic mass is 10.1. The molecule has 0 bridgehead atoms. The maximum atomic E-state index is 12.7. The lowest BCUT2D eigenvalue weighted by Gasteiger charge is -2.13. The number of carbonyl (C=O) groups excluding carboxylic acids is 1. The lowest BCUT2D eigenvalue weighted by molar-refractivity contribution is 0.102. The maximum Gasteiger partial charge on any atom is 0.259 e. The molecule has 0 saturated carbocycles. The molecule has 3 rings (SSSR count).